The molecule has 2 N–H and O–H groups in total. The van der Waals surface area contributed by atoms with Crippen molar-refractivity contribution in [2.45, 2.75) is 6.61 Å². The first-order valence-electron chi connectivity index (χ1n) is 3.30. The van der Waals surface area contributed by atoms with E-state index in [-0.39, 0.29) is 6.61 Å². The van der Waals surface area contributed by atoms with Gasteiger partial charge in [0, 0.05) is 6.20 Å². The second kappa shape index (κ2) is 3.73. The van der Waals surface area contributed by atoms with Gasteiger partial charge >= 0.3 is 0 Å². The maximum Gasteiger partial charge on any atom is 0.129 e. The zero-order valence-electron chi connectivity index (χ0n) is 6.12. The number of aliphatic hydroxyl groups excluding tert-OH is 1. The molecule has 11 heavy (non-hydrogen) atoms. The van der Waals surface area contributed by atoms with E-state index in [4.69, 9.17) is 5.11 Å². The third-order valence-corrected chi connectivity index (χ3v) is 1.26. The second-order valence-corrected chi connectivity index (χ2v) is 2.06. The molecule has 0 saturated carbocycles. The van der Waals surface area contributed by atoms with Gasteiger partial charge < -0.3 is 10.4 Å². The summed E-state index contributed by atoms with van der Waals surface area (Å²) in [6.07, 6.45) is 3.17. The average Bonchev–Trinajstić information content (AvgIpc) is 2.07. The zero-order valence-corrected chi connectivity index (χ0v) is 6.12. The summed E-state index contributed by atoms with van der Waals surface area (Å²) >= 11 is 0. The molecule has 0 aliphatic heterocycles. The molecule has 0 atom stereocenters. The maximum absolute atomic E-state index is 8.68. The van der Waals surface area contributed by atoms with E-state index in [1.807, 2.05) is 0 Å². The summed E-state index contributed by atoms with van der Waals surface area (Å²) in [7, 11) is 0. The van der Waals surface area contributed by atoms with Crippen molar-refractivity contribution in [1.29, 1.82) is 0 Å². The largest absolute Gasteiger partial charge is 0.392 e. The van der Waals surface area contributed by atoms with Crippen molar-refractivity contribution in [2.24, 2.45) is 0 Å². The van der Waals surface area contributed by atoms with Crippen LogP contribution in [-0.4, -0.2) is 10.1 Å². The smallest absolute Gasteiger partial charge is 0.129 e. The minimum Gasteiger partial charge on any atom is -0.392 e. The minimum atomic E-state index is 0.0291. The van der Waals surface area contributed by atoms with Gasteiger partial charge in [-0.15, -0.1) is 0 Å². The molecule has 1 rings (SSSR count). The number of aromatic nitrogens is 1. The van der Waals surface area contributed by atoms with Crippen LogP contribution in [0.2, 0.25) is 0 Å². The minimum absolute atomic E-state index is 0.0291. The van der Waals surface area contributed by atoms with Crippen LogP contribution in [0.25, 0.3) is 0 Å². The molecule has 0 amide bonds. The van der Waals surface area contributed by atoms with E-state index in [2.05, 4.69) is 16.9 Å². The number of pyridine rings is 1. The van der Waals surface area contributed by atoms with Gasteiger partial charge in [-0.05, 0) is 17.8 Å². The molecule has 3 heteroatoms. The molecule has 1 heterocycles. The summed E-state index contributed by atoms with van der Waals surface area (Å²) in [5.41, 5.74) is 0.805. The highest BCUT2D eigenvalue weighted by Gasteiger charge is 1.90. The van der Waals surface area contributed by atoms with E-state index in [9.17, 15) is 0 Å². The highest BCUT2D eigenvalue weighted by atomic mass is 16.3. The fourth-order valence-electron chi connectivity index (χ4n) is 0.708. The molecule has 0 fully saturated rings. The fraction of sp³-hybridized carbons (Fsp3) is 0.125. The molecule has 0 aromatic carbocycles. The van der Waals surface area contributed by atoms with Gasteiger partial charge in [0.05, 0.1) is 6.61 Å². The van der Waals surface area contributed by atoms with E-state index in [0.717, 1.165) is 11.4 Å². The molecule has 0 radical (unpaired) electrons. The third-order valence-electron chi connectivity index (χ3n) is 1.26. The molecule has 0 aliphatic rings. The highest BCUT2D eigenvalue weighted by molar-refractivity contribution is 5.37. The van der Waals surface area contributed by atoms with Crippen LogP contribution in [0.5, 0.6) is 0 Å². The Morgan fingerprint density at radius 2 is 2.45 bits per heavy atom. The lowest BCUT2D eigenvalue weighted by atomic mass is 10.3. The van der Waals surface area contributed by atoms with Crippen LogP contribution >= 0.6 is 0 Å². The Morgan fingerprint density at radius 1 is 1.64 bits per heavy atom. The molecule has 3 nitrogen and oxygen atoms in total. The SMILES string of the molecule is C=CNc1ccc(CO)cn1. The summed E-state index contributed by atoms with van der Waals surface area (Å²) in [5.74, 6) is 0.734. The molecule has 1 aromatic rings. The molecule has 0 bridgehead atoms. The summed E-state index contributed by atoms with van der Waals surface area (Å²) in [5, 5.41) is 11.5. The normalized spacial score (nSPS) is 9.18. The van der Waals surface area contributed by atoms with Crippen molar-refractivity contribution in [3.63, 3.8) is 0 Å². The first-order valence-corrected chi connectivity index (χ1v) is 3.30. The van der Waals surface area contributed by atoms with Crippen LogP contribution in [0.15, 0.2) is 31.1 Å². The molecule has 1 aromatic heterocycles. The predicted octanol–water partition coefficient (Wildman–Crippen LogP) is 1.13. The van der Waals surface area contributed by atoms with Crippen molar-refractivity contribution in [3.05, 3.63) is 36.7 Å². The Bertz CT molecular complexity index is 230. The van der Waals surface area contributed by atoms with E-state index < -0.39 is 0 Å². The number of anilines is 1. The van der Waals surface area contributed by atoms with Crippen LogP contribution < -0.4 is 5.32 Å². The lowest BCUT2D eigenvalue weighted by Crippen LogP contribution is -1.91. The first kappa shape index (κ1) is 7.75. The van der Waals surface area contributed by atoms with E-state index >= 15 is 0 Å². The first-order chi connectivity index (χ1) is 5.36. The van der Waals surface area contributed by atoms with Gasteiger partial charge in [0.15, 0.2) is 0 Å². The van der Waals surface area contributed by atoms with Gasteiger partial charge in [-0.2, -0.15) is 0 Å². The summed E-state index contributed by atoms with van der Waals surface area (Å²) in [4.78, 5) is 4.00. The van der Waals surface area contributed by atoms with Crippen LogP contribution in [0.1, 0.15) is 5.56 Å². The highest BCUT2D eigenvalue weighted by Crippen LogP contribution is 2.03. The number of nitrogens with one attached hydrogen (secondary N) is 1. The van der Waals surface area contributed by atoms with Gasteiger partial charge in [-0.25, -0.2) is 4.98 Å². The zero-order chi connectivity index (χ0) is 8.10. The Kier molecular flexibility index (Phi) is 2.63. The van der Waals surface area contributed by atoms with Gasteiger partial charge in [0.2, 0.25) is 0 Å². The Balaban J connectivity index is 2.74. The van der Waals surface area contributed by atoms with Crippen LogP contribution in [-0.2, 0) is 6.61 Å². The quantitative estimate of drug-likeness (QED) is 0.678. The van der Waals surface area contributed by atoms with Crippen molar-refractivity contribution in [3.8, 4) is 0 Å². The maximum atomic E-state index is 8.68. The lowest BCUT2D eigenvalue weighted by Gasteiger charge is -1.99. The fourth-order valence-corrected chi connectivity index (χ4v) is 0.708. The number of hydrogen-bond acceptors (Lipinski definition) is 3. The van der Waals surface area contributed by atoms with Gasteiger partial charge in [-0.1, -0.05) is 12.6 Å². The van der Waals surface area contributed by atoms with E-state index in [0.29, 0.717) is 0 Å². The second-order valence-electron chi connectivity index (χ2n) is 2.06. The number of nitrogens with zero attached hydrogens (tertiary/aromatic N) is 1. The topological polar surface area (TPSA) is 45.1 Å². The molecular formula is C8H10N2O. The van der Waals surface area contributed by atoms with Crippen molar-refractivity contribution in [1.82, 2.24) is 4.98 Å². The molecule has 0 saturated heterocycles. The van der Waals surface area contributed by atoms with Crippen LogP contribution in [0.4, 0.5) is 5.82 Å². The summed E-state index contributed by atoms with van der Waals surface area (Å²) in [6, 6.07) is 3.59. The van der Waals surface area contributed by atoms with E-state index in [1.54, 1.807) is 24.5 Å². The predicted molar refractivity (Wildman–Crippen MR) is 44.0 cm³/mol. The summed E-state index contributed by atoms with van der Waals surface area (Å²) < 4.78 is 0. The Morgan fingerprint density at radius 3 is 2.91 bits per heavy atom. The molecule has 0 spiro atoms. The van der Waals surface area contributed by atoms with Gasteiger partial charge in [0.25, 0.3) is 0 Å². The molecule has 0 aliphatic carbocycles. The van der Waals surface area contributed by atoms with Crippen LogP contribution in [0, 0.1) is 0 Å². The van der Waals surface area contributed by atoms with Gasteiger partial charge in [-0.3, -0.25) is 0 Å². The van der Waals surface area contributed by atoms with Gasteiger partial charge in [0.1, 0.15) is 5.82 Å². The molecule has 58 valence electrons. The number of hydrogen-bond donors (Lipinski definition) is 2. The average molecular weight is 150 g/mol. The van der Waals surface area contributed by atoms with E-state index in [1.165, 1.54) is 0 Å². The van der Waals surface area contributed by atoms with Crippen molar-refractivity contribution in [2.75, 3.05) is 5.32 Å². The van der Waals surface area contributed by atoms with Crippen molar-refractivity contribution >= 4 is 5.82 Å². The Labute approximate surface area is 65.4 Å². The monoisotopic (exact) mass is 150 g/mol. The number of rotatable bonds is 3. The Hall–Kier alpha value is -1.35. The molecular weight excluding hydrogens is 140 g/mol. The summed E-state index contributed by atoms with van der Waals surface area (Å²) in [6.45, 7) is 3.53. The lowest BCUT2D eigenvalue weighted by molar-refractivity contribution is 0.281. The third kappa shape index (κ3) is 2.05. The van der Waals surface area contributed by atoms with Crippen LogP contribution in [0.3, 0.4) is 0 Å². The number of aliphatic hydroxyl groups is 1. The molecule has 0 unspecified atom stereocenters. The standard InChI is InChI=1S/C8H10N2O/c1-2-9-8-4-3-7(6-11)5-10-8/h2-5,11H,1,6H2,(H,9,10). The van der Waals surface area contributed by atoms with Crippen molar-refractivity contribution < 1.29 is 5.11 Å².